The molecule has 222 valence electrons. The van der Waals surface area contributed by atoms with Gasteiger partial charge in [-0.3, -0.25) is 19.1 Å². The van der Waals surface area contributed by atoms with Crippen molar-refractivity contribution >= 4 is 52.9 Å². The average molecular weight is 622 g/mol. The molecule has 10 nitrogen and oxygen atoms in total. The number of nitrogens with two attached hydrogens (primary N) is 2. The van der Waals surface area contributed by atoms with E-state index in [1.165, 1.54) is 4.88 Å². The minimum absolute atomic E-state index is 0. The Morgan fingerprint density at radius 3 is 2.49 bits per heavy atom. The number of amides is 2. The molecule has 1 unspecified atom stereocenters. The van der Waals surface area contributed by atoms with Crippen LogP contribution >= 0.6 is 35.3 Å². The van der Waals surface area contributed by atoms with Crippen LogP contribution in [0.2, 0.25) is 5.02 Å². The number of carbonyl (C=O) groups excluding carboxylic acids is 2. The molecule has 2 atom stereocenters. The lowest BCUT2D eigenvalue weighted by Crippen LogP contribution is -2.41. The van der Waals surface area contributed by atoms with Gasteiger partial charge in [0, 0.05) is 34.1 Å². The molecule has 13 heteroatoms. The maximum absolute atomic E-state index is 13.0. The van der Waals surface area contributed by atoms with Crippen molar-refractivity contribution in [3.63, 3.8) is 0 Å². The summed E-state index contributed by atoms with van der Waals surface area (Å²) in [5.74, 6) is 1.04. The monoisotopic (exact) mass is 620 g/mol. The third-order valence-corrected chi connectivity index (χ3v) is 8.46. The van der Waals surface area contributed by atoms with Crippen LogP contribution in [0.4, 0.5) is 0 Å². The maximum Gasteiger partial charge on any atom is 0.236 e. The van der Waals surface area contributed by atoms with Crippen LogP contribution in [0.5, 0.6) is 0 Å². The molecule has 1 aromatic carbocycles. The molecule has 0 aliphatic carbocycles. The highest BCUT2D eigenvalue weighted by atomic mass is 35.5. The first-order chi connectivity index (χ1) is 19.2. The van der Waals surface area contributed by atoms with Gasteiger partial charge in [-0.2, -0.15) is 0 Å². The number of aromatic nitrogens is 3. The third kappa shape index (κ3) is 7.72. The van der Waals surface area contributed by atoms with Gasteiger partial charge in [-0.05, 0) is 64.3 Å². The lowest BCUT2D eigenvalue weighted by atomic mass is 9.99. The van der Waals surface area contributed by atoms with E-state index in [4.69, 9.17) is 28.1 Å². The van der Waals surface area contributed by atoms with Gasteiger partial charge in [0.05, 0.1) is 18.2 Å². The zero-order valence-electron chi connectivity index (χ0n) is 23.6. The second kappa shape index (κ2) is 14.9. The first-order valence-electron chi connectivity index (χ1n) is 13.6. The van der Waals surface area contributed by atoms with E-state index in [-0.39, 0.29) is 30.6 Å². The molecule has 0 bridgehead atoms. The smallest absolute Gasteiger partial charge is 0.236 e. The molecule has 0 fully saturated rings. The van der Waals surface area contributed by atoms with Crippen molar-refractivity contribution in [1.29, 1.82) is 0 Å². The second-order valence-electron chi connectivity index (χ2n) is 9.99. The molecular formula is C28H38Cl2N8O2S. The number of hydrogen-bond donors (Lipinski definition) is 4. The lowest BCUT2D eigenvalue weighted by molar-refractivity contribution is -0.122. The highest BCUT2D eigenvalue weighted by Gasteiger charge is 2.32. The highest BCUT2D eigenvalue weighted by Crippen LogP contribution is 2.39. The van der Waals surface area contributed by atoms with Crippen LogP contribution in [0.3, 0.4) is 0 Å². The van der Waals surface area contributed by atoms with E-state index in [2.05, 4.69) is 34.7 Å². The molecule has 0 saturated heterocycles. The Labute approximate surface area is 255 Å². The number of carbonyl (C=O) groups is 2. The van der Waals surface area contributed by atoms with E-state index in [0.717, 1.165) is 46.1 Å². The molecular weight excluding hydrogens is 583 g/mol. The SMILES string of the molecule is Cc1sc2c(c1C)C(c1ccc(Cl)cc1)=N[C@@H](CC(=O)NCCCNC(=O)C(N)CCCCN)c1nnc(C)n1-2.Cl. The topological polar surface area (TPSA) is 153 Å². The van der Waals surface area contributed by atoms with Crippen molar-refractivity contribution in [1.82, 2.24) is 25.4 Å². The summed E-state index contributed by atoms with van der Waals surface area (Å²) >= 11 is 7.84. The van der Waals surface area contributed by atoms with Gasteiger partial charge in [0.15, 0.2) is 5.82 Å². The fourth-order valence-electron chi connectivity index (χ4n) is 4.68. The molecule has 3 aromatic rings. The average Bonchev–Trinajstić information content (AvgIpc) is 3.40. The largest absolute Gasteiger partial charge is 0.356 e. The Morgan fingerprint density at radius 2 is 1.78 bits per heavy atom. The van der Waals surface area contributed by atoms with E-state index < -0.39 is 12.1 Å². The molecule has 2 aromatic heterocycles. The predicted octanol–water partition coefficient (Wildman–Crippen LogP) is 3.69. The van der Waals surface area contributed by atoms with Gasteiger partial charge < -0.3 is 22.1 Å². The first-order valence-corrected chi connectivity index (χ1v) is 14.8. The number of halogens is 2. The Hall–Kier alpha value is -2.83. The maximum atomic E-state index is 13.0. The first kappa shape index (κ1) is 32.7. The summed E-state index contributed by atoms with van der Waals surface area (Å²) in [6.07, 6.45) is 2.98. The molecule has 0 radical (unpaired) electrons. The fraction of sp³-hybridized carbons (Fsp3) is 0.464. The summed E-state index contributed by atoms with van der Waals surface area (Å²) in [6.45, 7) is 7.53. The van der Waals surface area contributed by atoms with Crippen LogP contribution in [0.25, 0.3) is 5.00 Å². The van der Waals surface area contributed by atoms with Crippen LogP contribution in [-0.2, 0) is 9.59 Å². The number of thiophene rings is 1. The van der Waals surface area contributed by atoms with E-state index in [1.807, 2.05) is 35.8 Å². The Balaban J connectivity index is 0.00000462. The van der Waals surface area contributed by atoms with E-state index in [0.29, 0.717) is 43.3 Å². The molecule has 4 rings (SSSR count). The van der Waals surface area contributed by atoms with Crippen molar-refractivity contribution in [3.05, 3.63) is 62.5 Å². The van der Waals surface area contributed by atoms with Crippen molar-refractivity contribution in [2.24, 2.45) is 16.5 Å². The summed E-state index contributed by atoms with van der Waals surface area (Å²) in [5.41, 5.74) is 15.3. The predicted molar refractivity (Wildman–Crippen MR) is 167 cm³/mol. The zero-order valence-corrected chi connectivity index (χ0v) is 26.0. The van der Waals surface area contributed by atoms with E-state index in [1.54, 1.807) is 11.3 Å². The highest BCUT2D eigenvalue weighted by molar-refractivity contribution is 7.15. The molecule has 0 spiro atoms. The van der Waals surface area contributed by atoms with E-state index in [9.17, 15) is 9.59 Å². The minimum atomic E-state index is -0.541. The quantitative estimate of drug-likeness (QED) is 0.226. The van der Waals surface area contributed by atoms with Gasteiger partial charge in [0.1, 0.15) is 16.9 Å². The van der Waals surface area contributed by atoms with Gasteiger partial charge in [-0.1, -0.05) is 30.2 Å². The number of nitrogens with one attached hydrogen (secondary N) is 2. The Morgan fingerprint density at radius 1 is 1.07 bits per heavy atom. The van der Waals surface area contributed by atoms with Gasteiger partial charge in [0.2, 0.25) is 11.8 Å². The molecule has 1 aliphatic heterocycles. The third-order valence-electron chi connectivity index (χ3n) is 7.02. The second-order valence-corrected chi connectivity index (χ2v) is 11.6. The van der Waals surface area contributed by atoms with Crippen LogP contribution < -0.4 is 22.1 Å². The van der Waals surface area contributed by atoms with Gasteiger partial charge >= 0.3 is 0 Å². The number of rotatable bonds is 12. The van der Waals surface area contributed by atoms with Crippen LogP contribution in [-0.4, -0.2) is 58.0 Å². The summed E-state index contributed by atoms with van der Waals surface area (Å²) in [6, 6.07) is 6.52. The van der Waals surface area contributed by atoms with Crippen molar-refractivity contribution in [2.45, 2.75) is 65.0 Å². The summed E-state index contributed by atoms with van der Waals surface area (Å²) < 4.78 is 2.02. The number of unbranched alkanes of at least 4 members (excludes halogenated alkanes) is 1. The number of hydrogen-bond acceptors (Lipinski definition) is 8. The molecule has 41 heavy (non-hydrogen) atoms. The zero-order chi connectivity index (χ0) is 28.8. The Kier molecular flexibility index (Phi) is 11.9. The normalized spacial score (nSPS) is 14.7. The molecule has 0 saturated carbocycles. The Bertz CT molecular complexity index is 1390. The van der Waals surface area contributed by atoms with Crippen molar-refractivity contribution in [3.8, 4) is 5.00 Å². The van der Waals surface area contributed by atoms with Gasteiger partial charge in [-0.15, -0.1) is 33.9 Å². The number of aryl methyl sites for hydroxylation is 2. The molecule has 6 N–H and O–H groups in total. The van der Waals surface area contributed by atoms with Crippen LogP contribution in [0, 0.1) is 20.8 Å². The number of nitrogens with zero attached hydrogens (tertiary/aromatic N) is 4. The van der Waals surface area contributed by atoms with Gasteiger partial charge in [-0.25, -0.2) is 0 Å². The van der Waals surface area contributed by atoms with E-state index >= 15 is 0 Å². The van der Waals surface area contributed by atoms with Crippen molar-refractivity contribution in [2.75, 3.05) is 19.6 Å². The molecule has 2 amide bonds. The van der Waals surface area contributed by atoms with Crippen LogP contribution in [0.1, 0.15) is 71.4 Å². The van der Waals surface area contributed by atoms with Crippen LogP contribution in [0.15, 0.2) is 29.3 Å². The number of benzene rings is 1. The fourth-order valence-corrected chi connectivity index (χ4v) is 6.02. The van der Waals surface area contributed by atoms with Gasteiger partial charge in [0.25, 0.3) is 0 Å². The summed E-state index contributed by atoms with van der Waals surface area (Å²) in [7, 11) is 0. The summed E-state index contributed by atoms with van der Waals surface area (Å²) in [4.78, 5) is 31.5. The molecule has 3 heterocycles. The lowest BCUT2D eigenvalue weighted by Gasteiger charge is -2.14. The number of fused-ring (bicyclic) bond motifs is 3. The van der Waals surface area contributed by atoms with Crippen molar-refractivity contribution < 1.29 is 9.59 Å². The molecule has 1 aliphatic rings. The number of aliphatic imine (C=N–C) groups is 1. The standard InChI is InChI=1S/C28H37ClN8O2S.ClH/c1-16-17(2)40-28-24(16)25(19-8-10-20(29)11-9-19)34-22(26-36-35-18(3)37(26)28)15-23(38)32-13-6-14-33-27(39)21(31)7-4-5-12-30;/h8-11,21-22H,4-7,12-15,30-31H2,1-3H3,(H,32,38)(H,33,39);1H/t21?,22-;/m0./s1. The minimum Gasteiger partial charge on any atom is -0.356 e. The summed E-state index contributed by atoms with van der Waals surface area (Å²) in [5, 5.41) is 16.2.